The summed E-state index contributed by atoms with van der Waals surface area (Å²) in [5.41, 5.74) is 0. The van der Waals surface area contributed by atoms with Crippen LogP contribution in [0.3, 0.4) is 0 Å². The fraction of sp³-hybridized carbons (Fsp3) is 0. The van der Waals surface area contributed by atoms with E-state index in [-0.39, 0.29) is 5.75 Å². The summed E-state index contributed by atoms with van der Waals surface area (Å²) in [7, 11) is 0. The van der Waals surface area contributed by atoms with Gasteiger partial charge in [0.25, 0.3) is 0 Å². The van der Waals surface area contributed by atoms with Crippen LogP contribution in [0.5, 0.6) is 5.75 Å². The molecule has 0 saturated heterocycles. The maximum absolute atomic E-state index is 8.58. The third-order valence-electron chi connectivity index (χ3n) is 0.693. The number of phenolic OH excluding ortho intramolecular Hbond substituents is 1. The highest BCUT2D eigenvalue weighted by Gasteiger charge is 1.64. The van der Waals surface area contributed by atoms with Gasteiger partial charge in [-0.2, -0.15) is 18.2 Å². The molecule has 0 radical (unpaired) electrons. The van der Waals surface area contributed by atoms with Crippen LogP contribution in [0.25, 0.3) is 0 Å². The van der Waals surface area contributed by atoms with Crippen LogP contribution in [0.2, 0.25) is 0 Å². The lowest BCUT2D eigenvalue weighted by atomic mass is 10.3. The Hall–Kier alpha value is -0.980. The van der Waals surface area contributed by atoms with E-state index in [1.165, 1.54) is 0 Å². The molecule has 0 aliphatic heterocycles. The SMILES string of the molecule is Oc1[c-]cccc1. The van der Waals surface area contributed by atoms with Gasteiger partial charge in [-0.3, -0.25) is 0 Å². The Morgan fingerprint density at radius 1 is 1.43 bits per heavy atom. The molecule has 0 aromatic heterocycles. The summed E-state index contributed by atoms with van der Waals surface area (Å²) in [4.78, 5) is 0. The Balaban J connectivity index is 3.02. The molecular weight excluding hydrogens is 88.1 g/mol. The standard InChI is InChI=1S/C6H5O/c7-6-4-2-1-3-5-6/h1-4,7H/q-1. The maximum atomic E-state index is 8.58. The monoisotopic (exact) mass is 93.0 g/mol. The number of para-hydroxylation sites is 1. The molecule has 1 heteroatoms. The number of aromatic hydroxyl groups is 1. The van der Waals surface area contributed by atoms with Crippen molar-refractivity contribution in [1.29, 1.82) is 0 Å². The molecule has 1 N–H and O–H groups in total. The van der Waals surface area contributed by atoms with Crippen molar-refractivity contribution in [3.8, 4) is 5.75 Å². The molecule has 0 bridgehead atoms. The molecule has 0 unspecified atom stereocenters. The molecule has 0 heterocycles. The largest absolute Gasteiger partial charge is 0.534 e. The molecule has 0 atom stereocenters. The predicted molar refractivity (Wildman–Crippen MR) is 26.9 cm³/mol. The fourth-order valence-electron chi connectivity index (χ4n) is 0.384. The van der Waals surface area contributed by atoms with Gasteiger partial charge in [-0.25, -0.2) is 0 Å². The molecule has 0 fully saturated rings. The lowest BCUT2D eigenvalue weighted by Gasteiger charge is -1.92. The van der Waals surface area contributed by atoms with Crippen molar-refractivity contribution in [3.63, 3.8) is 0 Å². The van der Waals surface area contributed by atoms with Gasteiger partial charge in [0.15, 0.2) is 0 Å². The molecule has 0 spiro atoms. The molecule has 1 aromatic carbocycles. The third-order valence-corrected chi connectivity index (χ3v) is 0.693. The molecule has 36 valence electrons. The second kappa shape index (κ2) is 1.65. The van der Waals surface area contributed by atoms with E-state index in [1.54, 1.807) is 24.3 Å². The molecule has 0 amide bonds. The summed E-state index contributed by atoms with van der Waals surface area (Å²) >= 11 is 0. The minimum atomic E-state index is 0.197. The van der Waals surface area contributed by atoms with Crippen molar-refractivity contribution in [2.24, 2.45) is 0 Å². The second-order valence-electron chi connectivity index (χ2n) is 1.25. The zero-order chi connectivity index (χ0) is 5.11. The Bertz CT molecular complexity index is 134. The van der Waals surface area contributed by atoms with Crippen LogP contribution >= 0.6 is 0 Å². The van der Waals surface area contributed by atoms with Crippen molar-refractivity contribution in [1.82, 2.24) is 0 Å². The molecule has 1 nitrogen and oxygen atoms in total. The van der Waals surface area contributed by atoms with Gasteiger partial charge in [0.05, 0.1) is 0 Å². The quantitative estimate of drug-likeness (QED) is 0.478. The third kappa shape index (κ3) is 0.929. The zero-order valence-corrected chi connectivity index (χ0v) is 3.76. The first-order valence-electron chi connectivity index (χ1n) is 2.05. The Labute approximate surface area is 42.2 Å². The summed E-state index contributed by atoms with van der Waals surface area (Å²) in [6.07, 6.45) is 0. The van der Waals surface area contributed by atoms with Crippen molar-refractivity contribution in [3.05, 3.63) is 30.3 Å². The van der Waals surface area contributed by atoms with E-state index in [1.807, 2.05) is 0 Å². The van der Waals surface area contributed by atoms with Gasteiger partial charge in [0, 0.05) is 5.75 Å². The van der Waals surface area contributed by atoms with Crippen molar-refractivity contribution in [2.75, 3.05) is 0 Å². The Morgan fingerprint density at radius 3 is 2.57 bits per heavy atom. The summed E-state index contributed by atoms with van der Waals surface area (Å²) < 4.78 is 0. The Kier molecular flexibility index (Phi) is 0.984. The van der Waals surface area contributed by atoms with Gasteiger partial charge in [-0.1, -0.05) is 0 Å². The zero-order valence-electron chi connectivity index (χ0n) is 3.76. The Morgan fingerprint density at radius 2 is 2.29 bits per heavy atom. The van der Waals surface area contributed by atoms with E-state index in [4.69, 9.17) is 5.11 Å². The van der Waals surface area contributed by atoms with Crippen LogP contribution in [0.4, 0.5) is 0 Å². The molecule has 0 aliphatic carbocycles. The number of phenols is 1. The van der Waals surface area contributed by atoms with Crippen LogP contribution in [0, 0.1) is 6.07 Å². The number of benzene rings is 1. The average Bonchev–Trinajstić information content (AvgIpc) is 1.69. The number of rotatable bonds is 0. The maximum Gasteiger partial charge on any atom is 0.00397 e. The van der Waals surface area contributed by atoms with Gasteiger partial charge >= 0.3 is 0 Å². The first kappa shape index (κ1) is 4.19. The van der Waals surface area contributed by atoms with Crippen LogP contribution in [0.1, 0.15) is 0 Å². The van der Waals surface area contributed by atoms with E-state index < -0.39 is 0 Å². The van der Waals surface area contributed by atoms with Crippen LogP contribution in [-0.2, 0) is 0 Å². The summed E-state index contributed by atoms with van der Waals surface area (Å²) in [5.74, 6) is 0.197. The lowest BCUT2D eigenvalue weighted by molar-refractivity contribution is 0.474. The summed E-state index contributed by atoms with van der Waals surface area (Å²) in [5, 5.41) is 8.58. The highest BCUT2D eigenvalue weighted by atomic mass is 16.3. The average molecular weight is 93.1 g/mol. The summed E-state index contributed by atoms with van der Waals surface area (Å²) in [6.45, 7) is 0. The van der Waals surface area contributed by atoms with Crippen molar-refractivity contribution < 1.29 is 5.11 Å². The molecule has 0 aliphatic rings. The van der Waals surface area contributed by atoms with Gasteiger partial charge in [-0.15, -0.1) is 12.1 Å². The minimum Gasteiger partial charge on any atom is -0.534 e. The van der Waals surface area contributed by atoms with Crippen molar-refractivity contribution in [2.45, 2.75) is 0 Å². The van der Waals surface area contributed by atoms with E-state index in [2.05, 4.69) is 6.07 Å². The summed E-state index contributed by atoms with van der Waals surface area (Å²) in [6, 6.07) is 9.39. The van der Waals surface area contributed by atoms with Gasteiger partial charge in [-0.05, 0) is 0 Å². The van der Waals surface area contributed by atoms with E-state index in [0.717, 1.165) is 0 Å². The molecule has 1 aromatic rings. The van der Waals surface area contributed by atoms with Crippen molar-refractivity contribution >= 4 is 0 Å². The number of hydrogen-bond acceptors (Lipinski definition) is 1. The van der Waals surface area contributed by atoms with E-state index >= 15 is 0 Å². The van der Waals surface area contributed by atoms with Gasteiger partial charge < -0.3 is 5.11 Å². The van der Waals surface area contributed by atoms with E-state index in [9.17, 15) is 0 Å². The van der Waals surface area contributed by atoms with Crippen LogP contribution in [0.15, 0.2) is 24.3 Å². The highest BCUT2D eigenvalue weighted by Crippen LogP contribution is 2.01. The van der Waals surface area contributed by atoms with Crippen LogP contribution < -0.4 is 0 Å². The molecular formula is C6H5O-. The predicted octanol–water partition coefficient (Wildman–Crippen LogP) is 1.19. The lowest BCUT2D eigenvalue weighted by Crippen LogP contribution is -1.57. The smallest absolute Gasteiger partial charge is 0.00397 e. The fourth-order valence-corrected chi connectivity index (χ4v) is 0.384. The first-order chi connectivity index (χ1) is 3.39. The number of hydrogen-bond donors (Lipinski definition) is 1. The topological polar surface area (TPSA) is 20.2 Å². The van der Waals surface area contributed by atoms with Crippen LogP contribution in [-0.4, -0.2) is 5.11 Å². The normalized spacial score (nSPS) is 8.57. The highest BCUT2D eigenvalue weighted by molar-refractivity contribution is 5.16. The first-order valence-corrected chi connectivity index (χ1v) is 2.05. The molecule has 1 rings (SSSR count). The van der Waals surface area contributed by atoms with Gasteiger partial charge in [0.2, 0.25) is 0 Å². The van der Waals surface area contributed by atoms with Gasteiger partial charge in [0.1, 0.15) is 0 Å². The molecule has 0 saturated carbocycles. The minimum absolute atomic E-state index is 0.197. The molecule has 7 heavy (non-hydrogen) atoms. The second-order valence-corrected chi connectivity index (χ2v) is 1.25. The van der Waals surface area contributed by atoms with E-state index in [0.29, 0.717) is 0 Å².